The van der Waals surface area contributed by atoms with Crippen LogP contribution in [0.2, 0.25) is 0 Å². The quantitative estimate of drug-likeness (QED) is 0.785. The van der Waals surface area contributed by atoms with Gasteiger partial charge in [0, 0.05) is 24.8 Å². The van der Waals surface area contributed by atoms with Gasteiger partial charge in [0.15, 0.2) is 11.1 Å². The van der Waals surface area contributed by atoms with E-state index in [1.54, 1.807) is 6.20 Å². The van der Waals surface area contributed by atoms with Crippen LogP contribution in [0.3, 0.4) is 0 Å². The number of hydrogen-bond acceptors (Lipinski definition) is 5. The summed E-state index contributed by atoms with van der Waals surface area (Å²) in [6.45, 7) is 7.74. The predicted molar refractivity (Wildman–Crippen MR) is 76.2 cm³/mol. The molecule has 0 spiro atoms. The van der Waals surface area contributed by atoms with Crippen LogP contribution in [0.1, 0.15) is 37.9 Å². The average Bonchev–Trinajstić information content (AvgIpc) is 2.61. The highest BCUT2D eigenvalue weighted by molar-refractivity contribution is 7.78. The molecule has 0 amide bonds. The van der Waals surface area contributed by atoms with Gasteiger partial charge in [-0.25, -0.2) is 14.2 Å². The molecule has 0 bridgehead atoms. The van der Waals surface area contributed by atoms with E-state index in [1.165, 1.54) is 0 Å². The number of nitrogens with zero attached hydrogens (tertiary/aromatic N) is 3. The van der Waals surface area contributed by atoms with E-state index in [0.29, 0.717) is 18.3 Å². The van der Waals surface area contributed by atoms with E-state index in [9.17, 15) is 9.32 Å². The first-order chi connectivity index (χ1) is 9.36. The monoisotopic (exact) mass is 299 g/mol. The van der Waals surface area contributed by atoms with Crippen LogP contribution in [0.4, 0.5) is 0 Å². The molecular formula is C13H21N3O3S. The van der Waals surface area contributed by atoms with Gasteiger partial charge in [-0.1, -0.05) is 13.8 Å². The van der Waals surface area contributed by atoms with Gasteiger partial charge in [0.25, 0.3) is 0 Å². The standard InChI is InChI=1S/C13H21N3O3S/c1-9(2)5-16-6-11-10(13(16,3)8-17)4-14-12(15-11)7-20(18)19/h4,9,17H,5-8H2,1-3H3,(H,18,19). The first kappa shape index (κ1) is 15.5. The lowest BCUT2D eigenvalue weighted by Gasteiger charge is -2.35. The minimum atomic E-state index is -1.94. The maximum absolute atomic E-state index is 10.8. The van der Waals surface area contributed by atoms with Crippen molar-refractivity contribution < 1.29 is 13.9 Å². The summed E-state index contributed by atoms with van der Waals surface area (Å²) >= 11 is -1.94. The molecule has 7 heteroatoms. The minimum Gasteiger partial charge on any atom is -0.394 e. The molecule has 0 saturated heterocycles. The lowest BCUT2D eigenvalue weighted by Crippen LogP contribution is -2.43. The second-order valence-electron chi connectivity index (χ2n) is 5.82. The summed E-state index contributed by atoms with van der Waals surface area (Å²) in [4.78, 5) is 10.7. The van der Waals surface area contributed by atoms with Crippen LogP contribution >= 0.6 is 0 Å². The molecular weight excluding hydrogens is 278 g/mol. The summed E-state index contributed by atoms with van der Waals surface area (Å²) in [5, 5.41) is 9.78. The Kier molecular flexibility index (Phi) is 4.53. The molecule has 1 aliphatic heterocycles. The van der Waals surface area contributed by atoms with Crippen molar-refractivity contribution in [3.8, 4) is 0 Å². The van der Waals surface area contributed by atoms with Gasteiger partial charge < -0.3 is 9.66 Å². The molecule has 0 saturated carbocycles. The van der Waals surface area contributed by atoms with Crippen molar-refractivity contribution in [2.45, 2.75) is 38.6 Å². The number of aliphatic hydroxyl groups excluding tert-OH is 1. The molecule has 20 heavy (non-hydrogen) atoms. The van der Waals surface area contributed by atoms with Crippen LogP contribution in [0.15, 0.2) is 6.20 Å². The van der Waals surface area contributed by atoms with E-state index in [2.05, 4.69) is 28.7 Å². The zero-order chi connectivity index (χ0) is 14.9. The number of rotatable bonds is 5. The highest BCUT2D eigenvalue weighted by Gasteiger charge is 2.42. The molecule has 2 rings (SSSR count). The minimum absolute atomic E-state index is 0.00135. The second kappa shape index (κ2) is 5.85. The number of hydrogen-bond donors (Lipinski definition) is 2. The molecule has 1 aromatic heterocycles. The fourth-order valence-electron chi connectivity index (χ4n) is 2.63. The number of fused-ring (bicyclic) bond motifs is 1. The lowest BCUT2D eigenvalue weighted by atomic mass is 9.95. The van der Waals surface area contributed by atoms with Crippen molar-refractivity contribution in [2.75, 3.05) is 13.2 Å². The summed E-state index contributed by atoms with van der Waals surface area (Å²) in [5.41, 5.74) is 1.28. The summed E-state index contributed by atoms with van der Waals surface area (Å²) in [5.74, 6) is 0.789. The van der Waals surface area contributed by atoms with E-state index in [-0.39, 0.29) is 12.4 Å². The van der Waals surface area contributed by atoms with Gasteiger partial charge in [-0.15, -0.1) is 0 Å². The molecule has 1 aliphatic rings. The molecule has 0 aliphatic carbocycles. The summed E-state index contributed by atoms with van der Waals surface area (Å²) < 4.78 is 19.8. The van der Waals surface area contributed by atoms with E-state index in [1.807, 2.05) is 6.92 Å². The largest absolute Gasteiger partial charge is 0.394 e. The first-order valence-corrected chi connectivity index (χ1v) is 7.93. The van der Waals surface area contributed by atoms with Crippen LogP contribution in [-0.2, 0) is 28.9 Å². The van der Waals surface area contributed by atoms with Crippen LogP contribution < -0.4 is 0 Å². The first-order valence-electron chi connectivity index (χ1n) is 6.65. The second-order valence-corrected chi connectivity index (χ2v) is 6.75. The molecule has 112 valence electrons. The number of aliphatic hydroxyl groups is 1. The van der Waals surface area contributed by atoms with Crippen molar-refractivity contribution in [3.05, 3.63) is 23.3 Å². The maximum Gasteiger partial charge on any atom is 0.160 e. The lowest BCUT2D eigenvalue weighted by molar-refractivity contribution is 0.0434. The Morgan fingerprint density at radius 1 is 1.55 bits per heavy atom. The predicted octanol–water partition coefficient (Wildman–Crippen LogP) is 0.877. The van der Waals surface area contributed by atoms with Gasteiger partial charge in [-0.2, -0.15) is 0 Å². The molecule has 0 fully saturated rings. The van der Waals surface area contributed by atoms with Crippen molar-refractivity contribution >= 4 is 11.1 Å². The highest BCUT2D eigenvalue weighted by atomic mass is 32.2. The Labute approximate surface area is 121 Å². The molecule has 2 N–H and O–H groups in total. The molecule has 2 heterocycles. The van der Waals surface area contributed by atoms with Crippen molar-refractivity contribution in [2.24, 2.45) is 5.92 Å². The molecule has 1 aromatic rings. The van der Waals surface area contributed by atoms with Crippen LogP contribution in [0, 0.1) is 5.92 Å². The van der Waals surface area contributed by atoms with Crippen molar-refractivity contribution in [3.63, 3.8) is 0 Å². The molecule has 6 nitrogen and oxygen atoms in total. The van der Waals surface area contributed by atoms with E-state index >= 15 is 0 Å². The SMILES string of the molecule is CC(C)CN1Cc2nc(CS(=O)O)ncc2C1(C)CO. The molecule has 0 radical (unpaired) electrons. The van der Waals surface area contributed by atoms with Crippen molar-refractivity contribution in [1.82, 2.24) is 14.9 Å². The maximum atomic E-state index is 10.8. The third-order valence-electron chi connectivity index (χ3n) is 3.68. The Morgan fingerprint density at radius 2 is 2.25 bits per heavy atom. The molecule has 2 unspecified atom stereocenters. The Bertz CT molecular complexity index is 524. The summed E-state index contributed by atoms with van der Waals surface area (Å²) in [6.07, 6.45) is 1.68. The topological polar surface area (TPSA) is 86.6 Å². The smallest absolute Gasteiger partial charge is 0.160 e. The summed E-state index contributed by atoms with van der Waals surface area (Å²) in [6, 6.07) is 0. The third kappa shape index (κ3) is 2.90. The van der Waals surface area contributed by atoms with Crippen LogP contribution in [-0.4, -0.2) is 41.9 Å². The zero-order valence-corrected chi connectivity index (χ0v) is 12.9. The van der Waals surface area contributed by atoms with Gasteiger partial charge in [-0.05, 0) is 12.8 Å². The third-order valence-corrected chi connectivity index (χ3v) is 4.19. The Morgan fingerprint density at radius 3 is 2.80 bits per heavy atom. The summed E-state index contributed by atoms with van der Waals surface area (Å²) in [7, 11) is 0. The van der Waals surface area contributed by atoms with Gasteiger partial charge in [-0.3, -0.25) is 4.90 Å². The fraction of sp³-hybridized carbons (Fsp3) is 0.692. The van der Waals surface area contributed by atoms with Gasteiger partial charge in [0.2, 0.25) is 0 Å². The highest BCUT2D eigenvalue weighted by Crippen LogP contribution is 2.37. The fourth-order valence-corrected chi connectivity index (χ4v) is 2.99. The van der Waals surface area contributed by atoms with E-state index in [0.717, 1.165) is 17.8 Å². The molecule has 2 atom stereocenters. The Hall–Kier alpha value is -0.890. The van der Waals surface area contributed by atoms with Gasteiger partial charge in [0.05, 0.1) is 17.8 Å². The number of aromatic nitrogens is 2. The molecule has 0 aromatic carbocycles. The van der Waals surface area contributed by atoms with Crippen molar-refractivity contribution in [1.29, 1.82) is 0 Å². The Balaban J connectivity index is 2.33. The van der Waals surface area contributed by atoms with Gasteiger partial charge >= 0.3 is 0 Å². The van der Waals surface area contributed by atoms with Crippen LogP contribution in [0.25, 0.3) is 0 Å². The van der Waals surface area contributed by atoms with Crippen LogP contribution in [0.5, 0.6) is 0 Å². The zero-order valence-electron chi connectivity index (χ0n) is 12.0. The van der Waals surface area contributed by atoms with E-state index in [4.69, 9.17) is 4.55 Å². The average molecular weight is 299 g/mol. The normalized spacial score (nSPS) is 24.1. The van der Waals surface area contributed by atoms with E-state index < -0.39 is 16.6 Å². The van der Waals surface area contributed by atoms with Gasteiger partial charge in [0.1, 0.15) is 11.6 Å².